The maximum Gasteiger partial charge on any atom is 0.235 e. The van der Waals surface area contributed by atoms with E-state index in [1.165, 1.54) is 17.2 Å². The second-order valence-corrected chi connectivity index (χ2v) is 5.99. The van der Waals surface area contributed by atoms with Crippen molar-refractivity contribution in [2.24, 2.45) is 0 Å². The minimum Gasteiger partial charge on any atom is -0.492 e. The molecule has 2 aromatic carbocycles. The standard InChI is InChI=1S/C20H20N2O3/c1-15-7-8-18(13-16(15)2)25-12-11-21-14-17(9-10-22(23)24)19-5-3-4-6-20(19)21/h3-10,13-14H,11-12H2,1-2H3/b10-9+. The number of para-hydroxylation sites is 1. The summed E-state index contributed by atoms with van der Waals surface area (Å²) >= 11 is 0. The molecule has 3 aromatic rings. The summed E-state index contributed by atoms with van der Waals surface area (Å²) in [6.45, 7) is 5.33. The monoisotopic (exact) mass is 336 g/mol. The molecule has 3 rings (SSSR count). The van der Waals surface area contributed by atoms with Crippen LogP contribution in [0.15, 0.2) is 54.9 Å². The normalized spacial score (nSPS) is 11.3. The Bertz CT molecular complexity index is 941. The Balaban J connectivity index is 1.77. The van der Waals surface area contributed by atoms with E-state index >= 15 is 0 Å². The number of nitro groups is 1. The number of hydrogen-bond donors (Lipinski definition) is 0. The van der Waals surface area contributed by atoms with E-state index < -0.39 is 4.92 Å². The highest BCUT2D eigenvalue weighted by atomic mass is 16.6. The third-order valence-electron chi connectivity index (χ3n) is 4.27. The van der Waals surface area contributed by atoms with Gasteiger partial charge in [0.15, 0.2) is 0 Å². The zero-order chi connectivity index (χ0) is 17.8. The number of aryl methyl sites for hydroxylation is 2. The highest BCUT2D eigenvalue weighted by Gasteiger charge is 2.07. The van der Waals surface area contributed by atoms with Gasteiger partial charge in [0.05, 0.1) is 11.5 Å². The lowest BCUT2D eigenvalue weighted by Crippen LogP contribution is -2.07. The quantitative estimate of drug-likeness (QED) is 0.489. The smallest absolute Gasteiger partial charge is 0.235 e. The van der Waals surface area contributed by atoms with Gasteiger partial charge in [0.1, 0.15) is 12.4 Å². The van der Waals surface area contributed by atoms with E-state index in [2.05, 4.69) is 24.5 Å². The van der Waals surface area contributed by atoms with Crippen molar-refractivity contribution >= 4 is 17.0 Å². The summed E-state index contributed by atoms with van der Waals surface area (Å²) in [6.07, 6.45) is 4.43. The maximum absolute atomic E-state index is 10.6. The van der Waals surface area contributed by atoms with Gasteiger partial charge in [0, 0.05) is 28.7 Å². The minimum atomic E-state index is -0.449. The van der Waals surface area contributed by atoms with Crippen LogP contribution in [-0.4, -0.2) is 16.1 Å². The number of rotatable bonds is 6. The summed E-state index contributed by atoms with van der Waals surface area (Å²) in [4.78, 5) is 10.1. The summed E-state index contributed by atoms with van der Waals surface area (Å²) in [7, 11) is 0. The van der Waals surface area contributed by atoms with Gasteiger partial charge in [-0.1, -0.05) is 24.3 Å². The first-order valence-corrected chi connectivity index (χ1v) is 8.14. The molecule has 25 heavy (non-hydrogen) atoms. The van der Waals surface area contributed by atoms with Crippen LogP contribution in [0.1, 0.15) is 16.7 Å². The van der Waals surface area contributed by atoms with Crippen molar-refractivity contribution in [2.75, 3.05) is 6.61 Å². The van der Waals surface area contributed by atoms with Crippen LogP contribution in [-0.2, 0) is 6.54 Å². The molecule has 5 heteroatoms. The highest BCUT2D eigenvalue weighted by Crippen LogP contribution is 2.23. The number of benzene rings is 2. The number of nitrogens with zero attached hydrogens (tertiary/aromatic N) is 2. The Labute approximate surface area is 146 Å². The van der Waals surface area contributed by atoms with E-state index in [0.29, 0.717) is 13.2 Å². The molecule has 0 unspecified atom stereocenters. The molecule has 0 atom stereocenters. The minimum absolute atomic E-state index is 0.449. The molecule has 5 nitrogen and oxygen atoms in total. The summed E-state index contributed by atoms with van der Waals surface area (Å²) in [6, 6.07) is 13.9. The summed E-state index contributed by atoms with van der Waals surface area (Å²) in [5.74, 6) is 0.855. The molecule has 0 aliphatic carbocycles. The molecule has 0 aliphatic heterocycles. The Morgan fingerprint density at radius 3 is 2.72 bits per heavy atom. The van der Waals surface area contributed by atoms with Crippen molar-refractivity contribution in [1.29, 1.82) is 0 Å². The summed E-state index contributed by atoms with van der Waals surface area (Å²) < 4.78 is 7.92. The molecular formula is C20H20N2O3. The first-order chi connectivity index (χ1) is 12.0. The molecule has 0 saturated carbocycles. The van der Waals surface area contributed by atoms with Crippen LogP contribution in [0.25, 0.3) is 17.0 Å². The second-order valence-electron chi connectivity index (χ2n) is 5.99. The van der Waals surface area contributed by atoms with E-state index in [9.17, 15) is 10.1 Å². The van der Waals surface area contributed by atoms with Gasteiger partial charge < -0.3 is 9.30 Å². The first-order valence-electron chi connectivity index (χ1n) is 8.14. The van der Waals surface area contributed by atoms with Gasteiger partial charge in [-0.15, -0.1) is 0 Å². The lowest BCUT2D eigenvalue weighted by molar-refractivity contribution is -0.400. The lowest BCUT2D eigenvalue weighted by Gasteiger charge is -2.10. The fourth-order valence-electron chi connectivity index (χ4n) is 2.80. The van der Waals surface area contributed by atoms with Crippen molar-refractivity contribution < 1.29 is 9.66 Å². The van der Waals surface area contributed by atoms with Crippen LogP contribution in [0.3, 0.4) is 0 Å². The van der Waals surface area contributed by atoms with E-state index in [-0.39, 0.29) is 0 Å². The molecule has 0 fully saturated rings. The third kappa shape index (κ3) is 3.88. The van der Waals surface area contributed by atoms with E-state index in [4.69, 9.17) is 4.74 Å². The second kappa shape index (κ2) is 7.21. The number of aromatic nitrogens is 1. The van der Waals surface area contributed by atoms with E-state index in [1.54, 1.807) is 0 Å². The Morgan fingerprint density at radius 1 is 1.16 bits per heavy atom. The molecular weight excluding hydrogens is 316 g/mol. The van der Waals surface area contributed by atoms with Gasteiger partial charge in [-0.25, -0.2) is 0 Å². The zero-order valence-electron chi connectivity index (χ0n) is 14.3. The van der Waals surface area contributed by atoms with Gasteiger partial charge in [-0.2, -0.15) is 0 Å². The SMILES string of the molecule is Cc1ccc(OCCn2cc(/C=C/[N+](=O)[O-])c3ccccc32)cc1C. The Hall–Kier alpha value is -3.08. The van der Waals surface area contributed by atoms with Gasteiger partial charge in [0.2, 0.25) is 6.20 Å². The Morgan fingerprint density at radius 2 is 1.96 bits per heavy atom. The third-order valence-corrected chi connectivity index (χ3v) is 4.27. The molecule has 0 aliphatic rings. The maximum atomic E-state index is 10.6. The molecule has 0 saturated heterocycles. The van der Waals surface area contributed by atoms with Crippen molar-refractivity contribution in [2.45, 2.75) is 20.4 Å². The van der Waals surface area contributed by atoms with Crippen molar-refractivity contribution in [3.8, 4) is 5.75 Å². The molecule has 0 radical (unpaired) electrons. The molecule has 0 N–H and O–H groups in total. The van der Waals surface area contributed by atoms with Crippen LogP contribution in [0, 0.1) is 24.0 Å². The van der Waals surface area contributed by atoms with Crippen LogP contribution < -0.4 is 4.74 Å². The molecule has 1 aromatic heterocycles. The number of ether oxygens (including phenoxy) is 1. The lowest BCUT2D eigenvalue weighted by atomic mass is 10.1. The van der Waals surface area contributed by atoms with E-state index in [1.807, 2.05) is 42.6 Å². The largest absolute Gasteiger partial charge is 0.492 e. The molecule has 0 spiro atoms. The predicted molar refractivity (Wildman–Crippen MR) is 99.4 cm³/mol. The molecule has 128 valence electrons. The van der Waals surface area contributed by atoms with Crippen molar-refractivity contribution in [1.82, 2.24) is 4.57 Å². The summed E-state index contributed by atoms with van der Waals surface area (Å²) in [5, 5.41) is 11.6. The van der Waals surface area contributed by atoms with Crippen LogP contribution in [0.2, 0.25) is 0 Å². The topological polar surface area (TPSA) is 57.3 Å². The number of fused-ring (bicyclic) bond motifs is 1. The van der Waals surface area contributed by atoms with Gasteiger partial charge in [-0.05, 0) is 43.2 Å². The van der Waals surface area contributed by atoms with E-state index in [0.717, 1.165) is 28.4 Å². The molecule has 0 amide bonds. The van der Waals surface area contributed by atoms with Crippen molar-refractivity contribution in [3.05, 3.63) is 81.7 Å². The molecule has 1 heterocycles. The van der Waals surface area contributed by atoms with Gasteiger partial charge in [0.25, 0.3) is 0 Å². The average molecular weight is 336 g/mol. The fourth-order valence-corrected chi connectivity index (χ4v) is 2.80. The molecule has 0 bridgehead atoms. The van der Waals surface area contributed by atoms with Crippen LogP contribution >= 0.6 is 0 Å². The van der Waals surface area contributed by atoms with Crippen molar-refractivity contribution in [3.63, 3.8) is 0 Å². The van der Waals surface area contributed by atoms with Gasteiger partial charge >= 0.3 is 0 Å². The average Bonchev–Trinajstić information content (AvgIpc) is 2.94. The Kier molecular flexibility index (Phi) is 4.84. The number of hydrogen-bond acceptors (Lipinski definition) is 3. The highest BCUT2D eigenvalue weighted by molar-refractivity contribution is 5.89. The fraction of sp³-hybridized carbons (Fsp3) is 0.200. The zero-order valence-corrected chi connectivity index (χ0v) is 14.3. The first kappa shape index (κ1) is 16.8. The van der Waals surface area contributed by atoms with Crippen LogP contribution in [0.4, 0.5) is 0 Å². The van der Waals surface area contributed by atoms with Crippen LogP contribution in [0.5, 0.6) is 5.75 Å². The summed E-state index contributed by atoms with van der Waals surface area (Å²) in [5.41, 5.74) is 4.31. The predicted octanol–water partition coefficient (Wildman–Crippen LogP) is 4.58. The van der Waals surface area contributed by atoms with Gasteiger partial charge in [-0.3, -0.25) is 10.1 Å².